The molecule has 0 fully saturated rings. The van der Waals surface area contributed by atoms with E-state index in [1.807, 2.05) is 49.4 Å². The van der Waals surface area contributed by atoms with Crippen LogP contribution in [0.4, 0.5) is 5.69 Å². The van der Waals surface area contributed by atoms with Crippen molar-refractivity contribution in [2.45, 2.75) is 71.6 Å². The molecule has 210 valence electrons. The van der Waals surface area contributed by atoms with Gasteiger partial charge < -0.3 is 29.4 Å². The lowest BCUT2D eigenvalue weighted by Gasteiger charge is -2.25. The van der Waals surface area contributed by atoms with Crippen LogP contribution in [-0.2, 0) is 25.5 Å². The molecule has 0 amide bonds. The van der Waals surface area contributed by atoms with Gasteiger partial charge in [0.05, 0.1) is 18.3 Å². The van der Waals surface area contributed by atoms with Gasteiger partial charge in [-0.1, -0.05) is 49.7 Å². The first-order valence-electron chi connectivity index (χ1n) is 13.0. The van der Waals surface area contributed by atoms with Crippen molar-refractivity contribution in [3.05, 3.63) is 65.7 Å². The number of carbonyl (C=O) groups excluding carboxylic acids is 2. The van der Waals surface area contributed by atoms with Gasteiger partial charge in [0.25, 0.3) is 0 Å². The topological polar surface area (TPSA) is 103 Å². The minimum atomic E-state index is -2.39. The predicted molar refractivity (Wildman–Crippen MR) is 152 cm³/mol. The molecule has 0 bridgehead atoms. The van der Waals surface area contributed by atoms with Gasteiger partial charge in [-0.15, -0.1) is 12.4 Å². The van der Waals surface area contributed by atoms with Crippen LogP contribution in [0.2, 0.25) is 0 Å². The molecule has 0 saturated heterocycles. The van der Waals surface area contributed by atoms with Crippen LogP contribution in [0.5, 0.6) is 11.5 Å². The van der Waals surface area contributed by atoms with Crippen molar-refractivity contribution in [1.29, 1.82) is 0 Å². The SMILES string of the molecule is CCCc1c(NCC(O)c2ccc3ccccc3c2)ccc2c1OC(C(=O)OC(C)C)(C(=O)OC(C)C)O2.Cl. The van der Waals surface area contributed by atoms with Crippen molar-refractivity contribution in [3.63, 3.8) is 0 Å². The van der Waals surface area contributed by atoms with Crippen molar-refractivity contribution in [2.24, 2.45) is 0 Å². The average molecular weight is 558 g/mol. The third-order valence-corrected chi connectivity index (χ3v) is 6.09. The van der Waals surface area contributed by atoms with E-state index in [9.17, 15) is 14.7 Å². The van der Waals surface area contributed by atoms with Crippen LogP contribution in [0.15, 0.2) is 54.6 Å². The summed E-state index contributed by atoms with van der Waals surface area (Å²) < 4.78 is 22.5. The Hall–Kier alpha value is -3.49. The van der Waals surface area contributed by atoms with Gasteiger partial charge in [0.1, 0.15) is 0 Å². The highest BCUT2D eigenvalue weighted by Crippen LogP contribution is 2.46. The minimum Gasteiger partial charge on any atom is -0.457 e. The number of fused-ring (bicyclic) bond motifs is 2. The molecule has 1 heterocycles. The molecule has 39 heavy (non-hydrogen) atoms. The fourth-order valence-corrected chi connectivity index (χ4v) is 4.35. The lowest BCUT2D eigenvalue weighted by Crippen LogP contribution is -2.56. The molecule has 0 aromatic heterocycles. The van der Waals surface area contributed by atoms with Gasteiger partial charge in [0.15, 0.2) is 11.5 Å². The second-order valence-electron chi connectivity index (χ2n) is 9.90. The molecule has 0 saturated carbocycles. The first-order valence-corrected chi connectivity index (χ1v) is 13.0. The van der Waals surface area contributed by atoms with E-state index < -0.39 is 36.0 Å². The van der Waals surface area contributed by atoms with E-state index in [1.165, 1.54) is 0 Å². The zero-order valence-electron chi connectivity index (χ0n) is 22.9. The van der Waals surface area contributed by atoms with Gasteiger partial charge in [-0.2, -0.15) is 0 Å². The molecule has 2 N–H and O–H groups in total. The molecular formula is C30H36ClNO7. The maximum absolute atomic E-state index is 13.1. The van der Waals surface area contributed by atoms with E-state index in [4.69, 9.17) is 18.9 Å². The molecule has 1 unspecified atom stereocenters. The lowest BCUT2D eigenvalue weighted by atomic mass is 10.0. The summed E-state index contributed by atoms with van der Waals surface area (Å²) in [6, 6.07) is 17.3. The summed E-state index contributed by atoms with van der Waals surface area (Å²) in [7, 11) is 0. The Balaban J connectivity index is 0.00000420. The first kappa shape index (κ1) is 30.1. The van der Waals surface area contributed by atoms with E-state index in [-0.39, 0.29) is 30.5 Å². The minimum absolute atomic E-state index is 0. The van der Waals surface area contributed by atoms with Crippen molar-refractivity contribution < 1.29 is 33.6 Å². The average Bonchev–Trinajstić information content (AvgIpc) is 3.29. The van der Waals surface area contributed by atoms with Gasteiger partial charge >= 0.3 is 17.7 Å². The Morgan fingerprint density at radius 1 is 0.923 bits per heavy atom. The van der Waals surface area contributed by atoms with Gasteiger partial charge in [-0.3, -0.25) is 0 Å². The number of hydrogen-bond acceptors (Lipinski definition) is 8. The Morgan fingerprint density at radius 3 is 2.18 bits per heavy atom. The summed E-state index contributed by atoms with van der Waals surface area (Å²) >= 11 is 0. The molecular weight excluding hydrogens is 522 g/mol. The van der Waals surface area contributed by atoms with Crippen LogP contribution >= 0.6 is 12.4 Å². The number of benzene rings is 3. The largest absolute Gasteiger partial charge is 0.457 e. The Bertz CT molecular complexity index is 1300. The third kappa shape index (κ3) is 6.40. The number of nitrogens with one attached hydrogen (secondary N) is 1. The number of halogens is 1. The van der Waals surface area contributed by atoms with E-state index in [0.717, 1.165) is 28.3 Å². The van der Waals surface area contributed by atoms with Gasteiger partial charge in [-0.05, 0) is 68.7 Å². The van der Waals surface area contributed by atoms with Crippen molar-refractivity contribution >= 4 is 40.8 Å². The van der Waals surface area contributed by atoms with Crippen molar-refractivity contribution in [1.82, 2.24) is 0 Å². The number of hydrogen-bond donors (Lipinski definition) is 2. The monoisotopic (exact) mass is 557 g/mol. The summed E-state index contributed by atoms with van der Waals surface area (Å²) in [5.74, 6) is -3.81. The predicted octanol–water partition coefficient (Wildman–Crippen LogP) is 5.73. The molecule has 1 atom stereocenters. The number of ether oxygens (including phenoxy) is 4. The second kappa shape index (κ2) is 12.6. The summed E-state index contributed by atoms with van der Waals surface area (Å²) in [6.45, 7) is 8.94. The lowest BCUT2D eigenvalue weighted by molar-refractivity contribution is -0.207. The van der Waals surface area contributed by atoms with Crippen LogP contribution in [0, 0.1) is 0 Å². The summed E-state index contributed by atoms with van der Waals surface area (Å²) in [5, 5.41) is 16.4. The van der Waals surface area contributed by atoms with Crippen molar-refractivity contribution in [2.75, 3.05) is 11.9 Å². The van der Waals surface area contributed by atoms with Crippen LogP contribution in [0.25, 0.3) is 10.8 Å². The molecule has 8 nitrogen and oxygen atoms in total. The molecule has 0 aliphatic carbocycles. The summed E-state index contributed by atoms with van der Waals surface area (Å²) in [5.41, 5.74) is 2.23. The molecule has 3 aromatic rings. The van der Waals surface area contributed by atoms with E-state index >= 15 is 0 Å². The van der Waals surface area contributed by atoms with Gasteiger partial charge in [0, 0.05) is 17.8 Å². The van der Waals surface area contributed by atoms with E-state index in [2.05, 4.69) is 5.32 Å². The zero-order chi connectivity index (χ0) is 27.4. The fourth-order valence-electron chi connectivity index (χ4n) is 4.35. The van der Waals surface area contributed by atoms with Crippen LogP contribution in [0.3, 0.4) is 0 Å². The molecule has 0 spiro atoms. The number of esters is 2. The van der Waals surface area contributed by atoms with Crippen molar-refractivity contribution in [3.8, 4) is 11.5 Å². The third-order valence-electron chi connectivity index (χ3n) is 6.09. The fraction of sp³-hybridized carbons (Fsp3) is 0.400. The van der Waals surface area contributed by atoms with Gasteiger partial charge in [-0.25, -0.2) is 9.59 Å². The molecule has 9 heteroatoms. The van der Waals surface area contributed by atoms with Gasteiger partial charge in [0.2, 0.25) is 0 Å². The van der Waals surface area contributed by atoms with Crippen LogP contribution in [0.1, 0.15) is 58.3 Å². The molecule has 0 radical (unpaired) electrons. The number of carbonyl (C=O) groups is 2. The number of aliphatic hydroxyl groups excluding tert-OH is 1. The molecule has 1 aliphatic heterocycles. The normalized spacial score (nSPS) is 14.2. The first-order chi connectivity index (χ1) is 18.1. The smallest absolute Gasteiger partial charge is 0.453 e. The molecule has 1 aliphatic rings. The number of aliphatic hydroxyl groups is 1. The highest BCUT2D eigenvalue weighted by molar-refractivity contribution is 6.03. The summed E-state index contributed by atoms with van der Waals surface area (Å²) in [6.07, 6.45) is -0.408. The molecule has 4 rings (SSSR count). The highest BCUT2D eigenvalue weighted by Gasteiger charge is 2.60. The quantitative estimate of drug-likeness (QED) is 0.241. The standard InChI is InChI=1S/C30H35NO7.ClH/c1-6-9-23-24(31-17-25(32)22-13-12-20-10-7-8-11-21(20)16-22)14-15-26-27(23)38-30(37-26,28(33)35-18(2)3)29(34)36-19(4)5;/h7-8,10-16,18-19,25,31-32H,6,9,17H2,1-5H3;1H. The van der Waals surface area contributed by atoms with E-state index in [1.54, 1.807) is 39.8 Å². The van der Waals surface area contributed by atoms with E-state index in [0.29, 0.717) is 12.1 Å². The highest BCUT2D eigenvalue weighted by atomic mass is 35.5. The number of rotatable bonds is 10. The molecule has 3 aromatic carbocycles. The number of anilines is 1. The van der Waals surface area contributed by atoms with Crippen LogP contribution in [-0.4, -0.2) is 41.6 Å². The Labute approximate surface area is 235 Å². The second-order valence-corrected chi connectivity index (χ2v) is 9.90. The Kier molecular flexibility index (Phi) is 9.69. The maximum Gasteiger partial charge on any atom is 0.453 e. The Morgan fingerprint density at radius 2 is 1.56 bits per heavy atom. The summed E-state index contributed by atoms with van der Waals surface area (Å²) in [4.78, 5) is 26.1. The van der Waals surface area contributed by atoms with Crippen LogP contribution < -0.4 is 14.8 Å². The zero-order valence-corrected chi connectivity index (χ0v) is 23.7. The maximum atomic E-state index is 13.1.